The van der Waals surface area contributed by atoms with Crippen molar-refractivity contribution in [1.29, 1.82) is 0 Å². The van der Waals surface area contributed by atoms with Crippen molar-refractivity contribution in [2.45, 2.75) is 19.8 Å². The number of aryl methyl sites for hydroxylation is 1. The van der Waals surface area contributed by atoms with Crippen LogP contribution in [0.15, 0.2) is 18.2 Å². The van der Waals surface area contributed by atoms with Crippen molar-refractivity contribution in [2.75, 3.05) is 58.3 Å². The predicted molar refractivity (Wildman–Crippen MR) is 105 cm³/mol. The van der Waals surface area contributed by atoms with Gasteiger partial charge in [0.1, 0.15) is 0 Å². The number of hydrogen-bond acceptors (Lipinski definition) is 4. The third kappa shape index (κ3) is 5.20. The van der Waals surface area contributed by atoms with Crippen LogP contribution in [0.1, 0.15) is 28.8 Å². The summed E-state index contributed by atoms with van der Waals surface area (Å²) in [5, 5.41) is 5.61. The molecule has 0 aromatic heterocycles. The summed E-state index contributed by atoms with van der Waals surface area (Å²) >= 11 is 0. The number of benzene rings is 1. The summed E-state index contributed by atoms with van der Waals surface area (Å²) in [6, 6.07) is 5.28. The lowest BCUT2D eigenvalue weighted by Crippen LogP contribution is -2.47. The summed E-state index contributed by atoms with van der Waals surface area (Å²) in [4.78, 5) is 29.0. The number of hydrogen-bond donors (Lipinski definition) is 2. The van der Waals surface area contributed by atoms with Crippen LogP contribution in [0.2, 0.25) is 0 Å². The minimum atomic E-state index is -0.158. The quantitative estimate of drug-likeness (QED) is 0.845. The third-order valence-electron chi connectivity index (χ3n) is 5.39. The largest absolute Gasteiger partial charge is 0.379 e. The van der Waals surface area contributed by atoms with E-state index in [0.29, 0.717) is 17.2 Å². The van der Waals surface area contributed by atoms with Crippen LogP contribution in [0.25, 0.3) is 0 Å². The van der Waals surface area contributed by atoms with Crippen molar-refractivity contribution in [3.63, 3.8) is 0 Å². The fourth-order valence-corrected chi connectivity index (χ4v) is 3.78. The van der Waals surface area contributed by atoms with E-state index in [1.54, 1.807) is 19.2 Å². The Morgan fingerprint density at radius 2 is 2.00 bits per heavy atom. The zero-order chi connectivity index (χ0) is 19.2. The second kappa shape index (κ2) is 9.19. The van der Waals surface area contributed by atoms with Crippen LogP contribution in [0.4, 0.5) is 10.5 Å². The van der Waals surface area contributed by atoms with Crippen molar-refractivity contribution >= 4 is 17.6 Å². The number of nitrogens with zero attached hydrogens (tertiary/aromatic N) is 2. The Morgan fingerprint density at radius 3 is 2.74 bits per heavy atom. The highest BCUT2D eigenvalue weighted by Gasteiger charge is 2.26. The molecule has 0 aliphatic carbocycles. The summed E-state index contributed by atoms with van der Waals surface area (Å²) in [5.74, 6) is 0.343. The topological polar surface area (TPSA) is 73.9 Å². The lowest BCUT2D eigenvalue weighted by molar-refractivity contribution is 0.0252. The first-order valence-corrected chi connectivity index (χ1v) is 9.75. The van der Waals surface area contributed by atoms with Crippen LogP contribution in [0.3, 0.4) is 0 Å². The van der Waals surface area contributed by atoms with Crippen molar-refractivity contribution in [3.05, 3.63) is 29.3 Å². The molecule has 27 heavy (non-hydrogen) atoms. The second-order valence-corrected chi connectivity index (χ2v) is 7.41. The molecule has 0 bridgehead atoms. The molecule has 2 aliphatic rings. The summed E-state index contributed by atoms with van der Waals surface area (Å²) in [6.07, 6.45) is 2.19. The molecule has 7 heteroatoms. The van der Waals surface area contributed by atoms with Gasteiger partial charge in [0.15, 0.2) is 0 Å². The van der Waals surface area contributed by atoms with Crippen LogP contribution in [-0.4, -0.2) is 74.7 Å². The molecule has 0 spiro atoms. The number of likely N-dealkylation sites (tertiary alicyclic amines) is 1. The van der Waals surface area contributed by atoms with Gasteiger partial charge in [0.2, 0.25) is 0 Å². The number of carbonyl (C=O) groups excluding carboxylic acids is 2. The number of urea groups is 1. The molecule has 1 aromatic rings. The van der Waals surface area contributed by atoms with Crippen LogP contribution in [0.5, 0.6) is 0 Å². The van der Waals surface area contributed by atoms with Gasteiger partial charge in [0.05, 0.1) is 13.2 Å². The molecule has 0 saturated carbocycles. The maximum atomic E-state index is 12.8. The monoisotopic (exact) mass is 374 g/mol. The molecule has 0 radical (unpaired) electrons. The fourth-order valence-electron chi connectivity index (χ4n) is 3.78. The minimum Gasteiger partial charge on any atom is -0.379 e. The molecule has 1 aromatic carbocycles. The van der Waals surface area contributed by atoms with Gasteiger partial charge in [-0.3, -0.25) is 9.69 Å². The Labute approximate surface area is 161 Å². The van der Waals surface area contributed by atoms with E-state index in [2.05, 4.69) is 15.5 Å². The first-order chi connectivity index (χ1) is 13.1. The molecular weight excluding hydrogens is 344 g/mol. The van der Waals surface area contributed by atoms with E-state index in [1.165, 1.54) is 0 Å². The van der Waals surface area contributed by atoms with E-state index < -0.39 is 0 Å². The van der Waals surface area contributed by atoms with Crippen molar-refractivity contribution in [1.82, 2.24) is 15.1 Å². The highest BCUT2D eigenvalue weighted by Crippen LogP contribution is 2.21. The molecule has 2 heterocycles. The molecule has 3 amide bonds. The van der Waals surface area contributed by atoms with Crippen LogP contribution < -0.4 is 10.6 Å². The van der Waals surface area contributed by atoms with Crippen molar-refractivity contribution in [3.8, 4) is 0 Å². The molecule has 148 valence electrons. The van der Waals surface area contributed by atoms with Crippen LogP contribution in [-0.2, 0) is 4.74 Å². The summed E-state index contributed by atoms with van der Waals surface area (Å²) in [7, 11) is 1.60. The molecule has 1 atom stereocenters. The lowest BCUT2D eigenvalue weighted by Gasteiger charge is -2.36. The number of anilines is 1. The van der Waals surface area contributed by atoms with Crippen molar-refractivity contribution < 1.29 is 14.3 Å². The number of nitrogens with one attached hydrogen (secondary N) is 2. The zero-order valence-electron chi connectivity index (χ0n) is 16.3. The standard InChI is InChI=1S/C20H30N4O3/c1-15-5-6-17(19(25)21-2)12-18(15)22-20(26)24-7-3-4-16(14-24)13-23-8-10-27-11-9-23/h5-6,12,16H,3-4,7-11,13-14H2,1-2H3,(H,21,25)(H,22,26)/t16-/m1/s1. The van der Waals surface area contributed by atoms with Gasteiger partial charge in [-0.1, -0.05) is 6.07 Å². The van der Waals surface area contributed by atoms with Gasteiger partial charge < -0.3 is 20.3 Å². The van der Waals surface area contributed by atoms with Gasteiger partial charge in [0.25, 0.3) is 5.91 Å². The molecule has 0 unspecified atom stereocenters. The molecular formula is C20H30N4O3. The van der Waals surface area contributed by atoms with Gasteiger partial charge >= 0.3 is 6.03 Å². The number of amides is 3. The fraction of sp³-hybridized carbons (Fsp3) is 0.600. The summed E-state index contributed by atoms with van der Waals surface area (Å²) in [5.41, 5.74) is 2.18. The van der Waals surface area contributed by atoms with E-state index in [-0.39, 0.29) is 11.9 Å². The smallest absolute Gasteiger partial charge is 0.321 e. The Hall–Kier alpha value is -2.12. The first kappa shape index (κ1) is 19.6. The van der Waals surface area contributed by atoms with Gasteiger partial charge in [-0.15, -0.1) is 0 Å². The van der Waals surface area contributed by atoms with E-state index in [9.17, 15) is 9.59 Å². The predicted octanol–water partition coefficient (Wildman–Crippen LogP) is 1.93. The highest BCUT2D eigenvalue weighted by atomic mass is 16.5. The molecule has 2 saturated heterocycles. The van der Waals surface area contributed by atoms with E-state index >= 15 is 0 Å². The average molecular weight is 374 g/mol. The minimum absolute atomic E-state index is 0.0844. The third-order valence-corrected chi connectivity index (χ3v) is 5.39. The van der Waals surface area contributed by atoms with Crippen LogP contribution in [0, 0.1) is 12.8 Å². The number of ether oxygens (including phenoxy) is 1. The number of carbonyl (C=O) groups is 2. The number of rotatable bonds is 4. The average Bonchev–Trinajstić information content (AvgIpc) is 2.70. The Morgan fingerprint density at radius 1 is 1.22 bits per heavy atom. The Balaban J connectivity index is 1.59. The zero-order valence-corrected chi connectivity index (χ0v) is 16.3. The normalized spacial score (nSPS) is 21.0. The lowest BCUT2D eigenvalue weighted by atomic mass is 9.97. The maximum Gasteiger partial charge on any atom is 0.321 e. The Kier molecular flexibility index (Phi) is 6.68. The Bertz CT molecular complexity index is 673. The molecule has 3 rings (SSSR count). The number of piperidine rings is 1. The van der Waals surface area contributed by atoms with Gasteiger partial charge in [0, 0.05) is 51.0 Å². The van der Waals surface area contributed by atoms with Gasteiger partial charge in [-0.25, -0.2) is 4.79 Å². The first-order valence-electron chi connectivity index (χ1n) is 9.75. The van der Waals surface area contributed by atoms with Gasteiger partial charge in [-0.05, 0) is 43.4 Å². The molecule has 7 nitrogen and oxygen atoms in total. The summed E-state index contributed by atoms with van der Waals surface area (Å²) < 4.78 is 5.42. The van der Waals surface area contributed by atoms with Gasteiger partial charge in [-0.2, -0.15) is 0 Å². The van der Waals surface area contributed by atoms with Crippen LogP contribution >= 0.6 is 0 Å². The SMILES string of the molecule is CNC(=O)c1ccc(C)c(NC(=O)N2CCC[C@H](CN3CCOCC3)C2)c1. The molecule has 2 aliphatic heterocycles. The van der Waals surface area contributed by atoms with E-state index in [1.807, 2.05) is 17.9 Å². The van der Waals surface area contributed by atoms with Crippen molar-refractivity contribution in [2.24, 2.45) is 5.92 Å². The summed E-state index contributed by atoms with van der Waals surface area (Å²) in [6.45, 7) is 8.08. The van der Waals surface area contributed by atoms with E-state index in [0.717, 1.165) is 64.3 Å². The number of morpholine rings is 1. The molecule has 2 N–H and O–H groups in total. The second-order valence-electron chi connectivity index (χ2n) is 7.41. The molecule has 2 fully saturated rings. The highest BCUT2D eigenvalue weighted by molar-refractivity contribution is 5.97. The maximum absolute atomic E-state index is 12.8. The van der Waals surface area contributed by atoms with E-state index in [4.69, 9.17) is 4.74 Å².